The largest absolute Gasteiger partial charge is 0.416 e. The van der Waals surface area contributed by atoms with Gasteiger partial charge in [0.15, 0.2) is 0 Å². The van der Waals surface area contributed by atoms with Crippen LogP contribution in [0.2, 0.25) is 0 Å². The number of aliphatic hydroxyl groups is 1. The monoisotopic (exact) mass is 294 g/mol. The molecular formula is C17H17F3O. The minimum Gasteiger partial charge on any atom is -0.388 e. The molecule has 2 aromatic carbocycles. The van der Waals surface area contributed by atoms with E-state index in [9.17, 15) is 18.3 Å². The van der Waals surface area contributed by atoms with Gasteiger partial charge in [-0.25, -0.2) is 0 Å². The molecule has 1 unspecified atom stereocenters. The third-order valence-corrected chi connectivity index (χ3v) is 3.48. The second-order valence-electron chi connectivity index (χ2n) is 5.28. The van der Waals surface area contributed by atoms with E-state index in [0.29, 0.717) is 5.56 Å². The number of benzene rings is 2. The fourth-order valence-electron chi connectivity index (χ4n) is 2.33. The van der Waals surface area contributed by atoms with Crippen molar-refractivity contribution in [1.82, 2.24) is 0 Å². The summed E-state index contributed by atoms with van der Waals surface area (Å²) in [5.41, 5.74) is 2.48. The van der Waals surface area contributed by atoms with Crippen molar-refractivity contribution in [2.24, 2.45) is 0 Å². The molecule has 0 heterocycles. The molecule has 0 aromatic heterocycles. The average molecular weight is 294 g/mol. The summed E-state index contributed by atoms with van der Waals surface area (Å²) in [4.78, 5) is 0. The van der Waals surface area contributed by atoms with Gasteiger partial charge in [-0.05, 0) is 36.6 Å². The molecule has 0 aliphatic rings. The molecule has 0 spiro atoms. The number of alkyl halides is 3. The van der Waals surface area contributed by atoms with Crippen LogP contribution in [-0.4, -0.2) is 5.11 Å². The Hall–Kier alpha value is -1.81. The van der Waals surface area contributed by atoms with Crippen LogP contribution in [-0.2, 0) is 12.6 Å². The molecule has 0 bridgehead atoms. The molecular weight excluding hydrogens is 277 g/mol. The van der Waals surface area contributed by atoms with E-state index in [0.717, 1.165) is 28.8 Å². The molecule has 2 aromatic rings. The summed E-state index contributed by atoms with van der Waals surface area (Å²) >= 11 is 0. The standard InChI is InChI=1S/C17H17F3O/c1-11-6-7-12(2)15(8-11)16(21)10-13-4-3-5-14(9-13)17(18,19)20/h3-9,16,21H,10H2,1-2H3. The molecule has 0 amide bonds. The van der Waals surface area contributed by atoms with Gasteiger partial charge in [-0.15, -0.1) is 0 Å². The highest BCUT2D eigenvalue weighted by Gasteiger charge is 2.30. The van der Waals surface area contributed by atoms with E-state index in [1.807, 2.05) is 32.0 Å². The van der Waals surface area contributed by atoms with Crippen LogP contribution in [0.25, 0.3) is 0 Å². The van der Waals surface area contributed by atoms with Crippen LogP contribution in [0.1, 0.15) is 33.9 Å². The predicted molar refractivity (Wildman–Crippen MR) is 76.0 cm³/mol. The van der Waals surface area contributed by atoms with Crippen molar-refractivity contribution in [2.75, 3.05) is 0 Å². The second-order valence-corrected chi connectivity index (χ2v) is 5.28. The Morgan fingerprint density at radius 3 is 2.43 bits per heavy atom. The summed E-state index contributed by atoms with van der Waals surface area (Å²) in [6, 6.07) is 10.8. The van der Waals surface area contributed by atoms with Gasteiger partial charge in [0, 0.05) is 6.42 Å². The molecule has 0 aliphatic heterocycles. The van der Waals surface area contributed by atoms with Gasteiger partial charge in [0.05, 0.1) is 11.7 Å². The lowest BCUT2D eigenvalue weighted by Gasteiger charge is -2.16. The number of hydrogen-bond acceptors (Lipinski definition) is 1. The molecule has 1 nitrogen and oxygen atoms in total. The van der Waals surface area contributed by atoms with E-state index in [4.69, 9.17) is 0 Å². The lowest BCUT2D eigenvalue weighted by atomic mass is 9.95. The maximum atomic E-state index is 12.7. The molecule has 1 atom stereocenters. The summed E-state index contributed by atoms with van der Waals surface area (Å²) in [6.07, 6.45) is -5.01. The van der Waals surface area contributed by atoms with E-state index in [2.05, 4.69) is 0 Å². The number of aryl methyl sites for hydroxylation is 2. The number of hydrogen-bond donors (Lipinski definition) is 1. The van der Waals surface area contributed by atoms with Crippen LogP contribution in [0.5, 0.6) is 0 Å². The zero-order chi connectivity index (χ0) is 15.6. The molecule has 0 saturated carbocycles. The smallest absolute Gasteiger partial charge is 0.388 e. The highest BCUT2D eigenvalue weighted by molar-refractivity contribution is 5.34. The van der Waals surface area contributed by atoms with Gasteiger partial charge in [0.25, 0.3) is 0 Å². The third kappa shape index (κ3) is 3.85. The summed E-state index contributed by atoms with van der Waals surface area (Å²) in [5, 5.41) is 10.3. The summed E-state index contributed by atoms with van der Waals surface area (Å²) in [6.45, 7) is 3.80. The SMILES string of the molecule is Cc1ccc(C)c(C(O)Cc2cccc(C(F)(F)F)c2)c1. The van der Waals surface area contributed by atoms with Crippen LogP contribution < -0.4 is 0 Å². The van der Waals surface area contributed by atoms with Gasteiger partial charge in [0.2, 0.25) is 0 Å². The van der Waals surface area contributed by atoms with Crippen LogP contribution >= 0.6 is 0 Å². The number of rotatable bonds is 3. The highest BCUT2D eigenvalue weighted by atomic mass is 19.4. The number of halogens is 3. The van der Waals surface area contributed by atoms with E-state index in [1.54, 1.807) is 6.07 Å². The number of aliphatic hydroxyl groups excluding tert-OH is 1. The van der Waals surface area contributed by atoms with Crippen molar-refractivity contribution in [3.8, 4) is 0 Å². The molecule has 112 valence electrons. The Morgan fingerprint density at radius 1 is 1.05 bits per heavy atom. The van der Waals surface area contributed by atoms with Crippen molar-refractivity contribution < 1.29 is 18.3 Å². The first-order valence-corrected chi connectivity index (χ1v) is 6.69. The van der Waals surface area contributed by atoms with E-state index in [1.165, 1.54) is 6.07 Å². The maximum absolute atomic E-state index is 12.7. The maximum Gasteiger partial charge on any atom is 0.416 e. The van der Waals surface area contributed by atoms with E-state index >= 15 is 0 Å². The topological polar surface area (TPSA) is 20.2 Å². The first-order valence-electron chi connectivity index (χ1n) is 6.69. The lowest BCUT2D eigenvalue weighted by Crippen LogP contribution is -2.08. The lowest BCUT2D eigenvalue weighted by molar-refractivity contribution is -0.137. The minimum absolute atomic E-state index is 0.161. The van der Waals surface area contributed by atoms with Gasteiger partial charge in [-0.2, -0.15) is 13.2 Å². The van der Waals surface area contributed by atoms with Crippen molar-refractivity contribution in [2.45, 2.75) is 32.5 Å². The van der Waals surface area contributed by atoms with Gasteiger partial charge >= 0.3 is 6.18 Å². The zero-order valence-electron chi connectivity index (χ0n) is 11.9. The van der Waals surface area contributed by atoms with Crippen LogP contribution in [0.4, 0.5) is 13.2 Å². The third-order valence-electron chi connectivity index (χ3n) is 3.48. The fraction of sp³-hybridized carbons (Fsp3) is 0.294. The molecule has 21 heavy (non-hydrogen) atoms. The van der Waals surface area contributed by atoms with E-state index < -0.39 is 17.8 Å². The summed E-state index contributed by atoms with van der Waals surface area (Å²) < 4.78 is 38.0. The second kappa shape index (κ2) is 5.90. The molecule has 0 saturated heterocycles. The first kappa shape index (κ1) is 15.6. The highest BCUT2D eigenvalue weighted by Crippen LogP contribution is 2.31. The predicted octanol–water partition coefficient (Wildman–Crippen LogP) is 4.60. The van der Waals surface area contributed by atoms with Gasteiger partial charge in [-0.3, -0.25) is 0 Å². The first-order chi connectivity index (χ1) is 9.77. The minimum atomic E-state index is -4.36. The van der Waals surface area contributed by atoms with Crippen LogP contribution in [0.3, 0.4) is 0 Å². The Bertz CT molecular complexity index is 632. The van der Waals surface area contributed by atoms with Crippen LogP contribution in [0, 0.1) is 13.8 Å². The average Bonchev–Trinajstić information content (AvgIpc) is 2.41. The van der Waals surface area contributed by atoms with Crippen LogP contribution in [0.15, 0.2) is 42.5 Å². The molecule has 0 fully saturated rings. The van der Waals surface area contributed by atoms with Crippen molar-refractivity contribution in [3.63, 3.8) is 0 Å². The van der Waals surface area contributed by atoms with Gasteiger partial charge < -0.3 is 5.11 Å². The molecule has 2 rings (SSSR count). The van der Waals surface area contributed by atoms with Gasteiger partial charge in [-0.1, -0.05) is 42.0 Å². The molecule has 0 radical (unpaired) electrons. The quantitative estimate of drug-likeness (QED) is 0.877. The van der Waals surface area contributed by atoms with Crippen molar-refractivity contribution in [1.29, 1.82) is 0 Å². The molecule has 0 aliphatic carbocycles. The summed E-state index contributed by atoms with van der Waals surface area (Å²) in [7, 11) is 0. The Balaban J connectivity index is 2.23. The fourth-order valence-corrected chi connectivity index (χ4v) is 2.33. The molecule has 4 heteroatoms. The normalized spacial score (nSPS) is 13.2. The molecule has 1 N–H and O–H groups in total. The summed E-state index contributed by atoms with van der Waals surface area (Å²) in [5.74, 6) is 0. The van der Waals surface area contributed by atoms with Gasteiger partial charge in [0.1, 0.15) is 0 Å². The Morgan fingerprint density at radius 2 is 1.76 bits per heavy atom. The van der Waals surface area contributed by atoms with Crippen molar-refractivity contribution in [3.05, 3.63) is 70.3 Å². The zero-order valence-corrected chi connectivity index (χ0v) is 11.9. The Labute approximate surface area is 122 Å². The van der Waals surface area contributed by atoms with E-state index in [-0.39, 0.29) is 6.42 Å². The van der Waals surface area contributed by atoms with Crippen molar-refractivity contribution >= 4 is 0 Å². The Kier molecular flexibility index (Phi) is 4.37.